The van der Waals surface area contributed by atoms with E-state index in [0.717, 1.165) is 6.42 Å². The maximum absolute atomic E-state index is 12.5. The minimum atomic E-state index is -0.748. The topological polar surface area (TPSA) is 66.8 Å². The van der Waals surface area contributed by atoms with E-state index in [1.807, 2.05) is 6.92 Å². The van der Waals surface area contributed by atoms with Crippen molar-refractivity contribution in [3.63, 3.8) is 0 Å². The SMILES string of the molecule is CC1CCC(C(C)C)C(OCC(=O)N2CCC(C(=O)O)C(C)C2)C1. The van der Waals surface area contributed by atoms with Crippen LogP contribution in [0.1, 0.15) is 53.4 Å². The van der Waals surface area contributed by atoms with Gasteiger partial charge in [-0.1, -0.05) is 34.1 Å². The molecule has 1 saturated carbocycles. The second-order valence-corrected chi connectivity index (χ2v) is 8.23. The molecule has 0 aromatic heterocycles. The van der Waals surface area contributed by atoms with E-state index < -0.39 is 5.97 Å². The van der Waals surface area contributed by atoms with Gasteiger partial charge in [-0.05, 0) is 42.9 Å². The monoisotopic (exact) mass is 339 g/mol. The molecule has 2 fully saturated rings. The summed E-state index contributed by atoms with van der Waals surface area (Å²) in [5.41, 5.74) is 0. The van der Waals surface area contributed by atoms with Gasteiger partial charge in [-0.25, -0.2) is 0 Å². The number of ether oxygens (including phenoxy) is 1. The number of carboxylic acid groups (broad SMARTS) is 1. The molecule has 5 unspecified atom stereocenters. The fraction of sp³-hybridized carbons (Fsp3) is 0.895. The average molecular weight is 339 g/mol. The smallest absolute Gasteiger partial charge is 0.306 e. The molecule has 0 aromatic rings. The number of likely N-dealkylation sites (tertiary alicyclic amines) is 1. The van der Waals surface area contributed by atoms with E-state index in [1.165, 1.54) is 12.8 Å². The van der Waals surface area contributed by atoms with E-state index in [4.69, 9.17) is 4.74 Å². The van der Waals surface area contributed by atoms with Gasteiger partial charge in [0.1, 0.15) is 6.61 Å². The largest absolute Gasteiger partial charge is 0.481 e. The molecule has 1 aliphatic carbocycles. The molecule has 24 heavy (non-hydrogen) atoms. The molecule has 0 spiro atoms. The van der Waals surface area contributed by atoms with Crippen molar-refractivity contribution in [2.75, 3.05) is 19.7 Å². The van der Waals surface area contributed by atoms with Gasteiger partial charge >= 0.3 is 5.97 Å². The van der Waals surface area contributed by atoms with E-state index in [-0.39, 0.29) is 30.5 Å². The standard InChI is InChI=1S/C19H33NO4/c1-12(2)15-6-5-13(3)9-17(15)24-11-18(21)20-8-7-16(19(22)23)14(4)10-20/h12-17H,5-11H2,1-4H3,(H,22,23). The van der Waals surface area contributed by atoms with Gasteiger partial charge in [0.05, 0.1) is 12.0 Å². The zero-order valence-corrected chi connectivity index (χ0v) is 15.5. The average Bonchev–Trinajstić information content (AvgIpc) is 2.51. The van der Waals surface area contributed by atoms with Crippen molar-refractivity contribution in [3.8, 4) is 0 Å². The molecule has 1 aliphatic heterocycles. The molecule has 2 rings (SSSR count). The molecule has 1 amide bonds. The van der Waals surface area contributed by atoms with Crippen molar-refractivity contribution in [2.45, 2.75) is 59.5 Å². The number of amides is 1. The normalized spacial score (nSPS) is 34.4. The Morgan fingerprint density at radius 1 is 1.21 bits per heavy atom. The number of piperidine rings is 1. The molecule has 1 N–H and O–H groups in total. The first-order chi connectivity index (χ1) is 11.3. The highest BCUT2D eigenvalue weighted by atomic mass is 16.5. The zero-order chi connectivity index (χ0) is 17.9. The summed E-state index contributed by atoms with van der Waals surface area (Å²) in [7, 11) is 0. The van der Waals surface area contributed by atoms with Crippen LogP contribution >= 0.6 is 0 Å². The highest BCUT2D eigenvalue weighted by Crippen LogP contribution is 2.35. The third-order valence-corrected chi connectivity index (χ3v) is 5.96. The molecule has 0 radical (unpaired) electrons. The van der Waals surface area contributed by atoms with Crippen LogP contribution < -0.4 is 0 Å². The van der Waals surface area contributed by atoms with Crippen molar-refractivity contribution in [1.29, 1.82) is 0 Å². The van der Waals surface area contributed by atoms with E-state index >= 15 is 0 Å². The van der Waals surface area contributed by atoms with Gasteiger partial charge in [0, 0.05) is 13.1 Å². The molecule has 5 atom stereocenters. The van der Waals surface area contributed by atoms with Gasteiger partial charge in [0.2, 0.25) is 5.91 Å². The fourth-order valence-corrected chi connectivity index (χ4v) is 4.31. The van der Waals surface area contributed by atoms with Gasteiger partial charge < -0.3 is 14.7 Å². The third kappa shape index (κ3) is 4.71. The predicted molar refractivity (Wildman–Crippen MR) is 92.6 cm³/mol. The fourth-order valence-electron chi connectivity index (χ4n) is 4.31. The lowest BCUT2D eigenvalue weighted by molar-refractivity contribution is -0.151. The van der Waals surface area contributed by atoms with Crippen LogP contribution in [-0.2, 0) is 14.3 Å². The maximum Gasteiger partial charge on any atom is 0.306 e. The van der Waals surface area contributed by atoms with Gasteiger partial charge in [0.25, 0.3) is 0 Å². The predicted octanol–water partition coefficient (Wildman–Crippen LogP) is 3.03. The lowest BCUT2D eigenvalue weighted by Gasteiger charge is -2.38. The van der Waals surface area contributed by atoms with Crippen LogP contribution in [0.3, 0.4) is 0 Å². The number of nitrogens with zero attached hydrogens (tertiary/aromatic N) is 1. The Balaban J connectivity index is 1.85. The van der Waals surface area contributed by atoms with Gasteiger partial charge in [-0.15, -0.1) is 0 Å². The Kier molecular flexibility index (Phi) is 6.67. The molecule has 1 saturated heterocycles. The third-order valence-electron chi connectivity index (χ3n) is 5.96. The highest BCUT2D eigenvalue weighted by molar-refractivity contribution is 5.78. The summed E-state index contributed by atoms with van der Waals surface area (Å²) in [5.74, 6) is 0.687. The first kappa shape index (κ1) is 19.2. The van der Waals surface area contributed by atoms with Crippen LogP contribution in [0.25, 0.3) is 0 Å². The molecular weight excluding hydrogens is 306 g/mol. The summed E-state index contributed by atoms with van der Waals surface area (Å²) >= 11 is 0. The summed E-state index contributed by atoms with van der Waals surface area (Å²) < 4.78 is 6.04. The lowest BCUT2D eigenvalue weighted by Crippen LogP contribution is -2.47. The van der Waals surface area contributed by atoms with E-state index in [0.29, 0.717) is 37.3 Å². The van der Waals surface area contributed by atoms with Crippen LogP contribution in [0.2, 0.25) is 0 Å². The number of hydrogen-bond acceptors (Lipinski definition) is 3. The number of carboxylic acids is 1. The van der Waals surface area contributed by atoms with Crippen LogP contribution in [0, 0.1) is 29.6 Å². The van der Waals surface area contributed by atoms with Crippen molar-refractivity contribution < 1.29 is 19.4 Å². The zero-order valence-electron chi connectivity index (χ0n) is 15.5. The molecule has 138 valence electrons. The van der Waals surface area contributed by atoms with Crippen molar-refractivity contribution >= 4 is 11.9 Å². The Morgan fingerprint density at radius 3 is 2.50 bits per heavy atom. The maximum atomic E-state index is 12.5. The van der Waals surface area contributed by atoms with E-state index in [9.17, 15) is 14.7 Å². The Bertz CT molecular complexity index is 451. The lowest BCUT2D eigenvalue weighted by atomic mass is 9.75. The number of carbonyl (C=O) groups excluding carboxylic acids is 1. The first-order valence-corrected chi connectivity index (χ1v) is 9.41. The van der Waals surface area contributed by atoms with Gasteiger partial charge in [-0.3, -0.25) is 9.59 Å². The molecule has 5 heteroatoms. The Morgan fingerprint density at radius 2 is 1.92 bits per heavy atom. The first-order valence-electron chi connectivity index (χ1n) is 9.41. The van der Waals surface area contributed by atoms with Crippen LogP contribution in [0.5, 0.6) is 0 Å². The van der Waals surface area contributed by atoms with Gasteiger partial charge in [-0.2, -0.15) is 0 Å². The second-order valence-electron chi connectivity index (χ2n) is 8.23. The quantitative estimate of drug-likeness (QED) is 0.836. The van der Waals surface area contributed by atoms with E-state index in [1.54, 1.807) is 4.90 Å². The summed E-state index contributed by atoms with van der Waals surface area (Å²) in [4.78, 5) is 25.4. The number of rotatable bonds is 5. The van der Waals surface area contributed by atoms with Gasteiger partial charge in [0.15, 0.2) is 0 Å². The summed E-state index contributed by atoms with van der Waals surface area (Å²) in [6, 6.07) is 0. The molecule has 5 nitrogen and oxygen atoms in total. The molecule has 0 bridgehead atoms. The number of hydrogen-bond donors (Lipinski definition) is 1. The molecular formula is C19H33NO4. The Hall–Kier alpha value is -1.10. The van der Waals surface area contributed by atoms with Crippen molar-refractivity contribution in [1.82, 2.24) is 4.90 Å². The van der Waals surface area contributed by atoms with Crippen LogP contribution in [0.15, 0.2) is 0 Å². The molecule has 1 heterocycles. The Labute approximate surface area is 145 Å². The second kappa shape index (κ2) is 8.32. The summed E-state index contributed by atoms with van der Waals surface area (Å²) in [5, 5.41) is 9.18. The van der Waals surface area contributed by atoms with Crippen molar-refractivity contribution in [3.05, 3.63) is 0 Å². The highest BCUT2D eigenvalue weighted by Gasteiger charge is 2.35. The number of carbonyl (C=O) groups is 2. The van der Waals surface area contributed by atoms with Crippen LogP contribution in [-0.4, -0.2) is 47.7 Å². The van der Waals surface area contributed by atoms with E-state index in [2.05, 4.69) is 20.8 Å². The minimum Gasteiger partial charge on any atom is -0.481 e. The van der Waals surface area contributed by atoms with Crippen molar-refractivity contribution in [2.24, 2.45) is 29.6 Å². The minimum absolute atomic E-state index is 0.00156. The molecule has 0 aromatic carbocycles. The number of aliphatic carboxylic acids is 1. The summed E-state index contributed by atoms with van der Waals surface area (Å²) in [6.07, 6.45) is 4.17. The molecule has 2 aliphatic rings. The summed E-state index contributed by atoms with van der Waals surface area (Å²) in [6.45, 7) is 9.81. The van der Waals surface area contributed by atoms with Crippen LogP contribution in [0.4, 0.5) is 0 Å².